The number of nitriles is 1. The van der Waals surface area contributed by atoms with Crippen molar-refractivity contribution in [1.29, 1.82) is 5.26 Å². The van der Waals surface area contributed by atoms with Gasteiger partial charge in [-0.2, -0.15) is 0 Å². The first-order valence-electron chi connectivity index (χ1n) is 2.47. The second-order valence-corrected chi connectivity index (χ2v) is 1.57. The van der Waals surface area contributed by atoms with Crippen molar-refractivity contribution in [3.05, 3.63) is 12.2 Å². The SMILES string of the molecule is C#N.CN1C(=O)C=CC1=O. The first-order chi connectivity index (χ1) is 4.72. The summed E-state index contributed by atoms with van der Waals surface area (Å²) in [7, 11) is 1.45. The molecule has 4 nitrogen and oxygen atoms in total. The summed E-state index contributed by atoms with van der Waals surface area (Å²) in [4.78, 5) is 21.9. The van der Waals surface area contributed by atoms with Gasteiger partial charge in [-0.1, -0.05) is 0 Å². The van der Waals surface area contributed by atoms with Gasteiger partial charge in [-0.3, -0.25) is 14.5 Å². The molecular formula is C6H6N2O2. The van der Waals surface area contributed by atoms with Crippen LogP contribution >= 0.6 is 0 Å². The molecule has 0 spiro atoms. The molecule has 0 aromatic rings. The van der Waals surface area contributed by atoms with Crippen LogP contribution in [-0.4, -0.2) is 23.8 Å². The van der Waals surface area contributed by atoms with E-state index in [1.54, 1.807) is 0 Å². The third-order valence-electron chi connectivity index (χ3n) is 1.03. The van der Waals surface area contributed by atoms with Gasteiger partial charge in [-0.25, -0.2) is 5.26 Å². The van der Waals surface area contributed by atoms with Crippen LogP contribution in [0.3, 0.4) is 0 Å². The van der Waals surface area contributed by atoms with Crippen molar-refractivity contribution in [1.82, 2.24) is 4.90 Å². The maximum Gasteiger partial charge on any atom is 0.253 e. The third-order valence-corrected chi connectivity index (χ3v) is 1.03. The van der Waals surface area contributed by atoms with E-state index < -0.39 is 0 Å². The Morgan fingerprint density at radius 2 is 1.60 bits per heavy atom. The second kappa shape index (κ2) is 3.41. The molecule has 0 bridgehead atoms. The average Bonchev–Trinajstić information content (AvgIpc) is 2.25. The lowest BCUT2D eigenvalue weighted by Crippen LogP contribution is -2.24. The molecule has 0 aliphatic carbocycles. The van der Waals surface area contributed by atoms with Crippen LogP contribution in [0, 0.1) is 11.8 Å². The number of carbonyl (C=O) groups is 2. The van der Waals surface area contributed by atoms with E-state index >= 15 is 0 Å². The number of likely N-dealkylation sites (N-methyl/N-ethyl adjacent to an activating group) is 1. The Balaban J connectivity index is 0.000000371. The number of amides is 2. The van der Waals surface area contributed by atoms with Crippen LogP contribution in [0.15, 0.2) is 12.2 Å². The van der Waals surface area contributed by atoms with E-state index in [1.807, 2.05) is 0 Å². The Morgan fingerprint density at radius 3 is 1.70 bits per heavy atom. The predicted molar refractivity (Wildman–Crippen MR) is 33.6 cm³/mol. The van der Waals surface area contributed by atoms with E-state index in [1.165, 1.54) is 19.2 Å². The van der Waals surface area contributed by atoms with Gasteiger partial charge >= 0.3 is 0 Å². The molecule has 0 unspecified atom stereocenters. The fraction of sp³-hybridized carbons (Fsp3) is 0.167. The van der Waals surface area contributed by atoms with Crippen molar-refractivity contribution < 1.29 is 9.59 Å². The zero-order chi connectivity index (χ0) is 8.15. The highest BCUT2D eigenvalue weighted by atomic mass is 16.2. The van der Waals surface area contributed by atoms with Gasteiger partial charge in [0, 0.05) is 25.8 Å². The van der Waals surface area contributed by atoms with E-state index in [2.05, 4.69) is 6.57 Å². The highest BCUT2D eigenvalue weighted by molar-refractivity contribution is 6.12. The Hall–Kier alpha value is -1.63. The number of hydrogen-bond acceptors (Lipinski definition) is 3. The Labute approximate surface area is 58.3 Å². The fourth-order valence-corrected chi connectivity index (χ4v) is 0.475. The molecule has 1 aliphatic heterocycles. The van der Waals surface area contributed by atoms with Gasteiger partial charge in [0.15, 0.2) is 0 Å². The molecule has 0 N–H and O–H groups in total. The van der Waals surface area contributed by atoms with Crippen molar-refractivity contribution in [2.45, 2.75) is 0 Å². The summed E-state index contributed by atoms with van der Waals surface area (Å²) in [5.74, 6) is -0.481. The summed E-state index contributed by atoms with van der Waals surface area (Å²) in [6, 6.07) is 0. The number of nitrogens with zero attached hydrogens (tertiary/aromatic N) is 2. The standard InChI is InChI=1S/C5H5NO2.CHN/c1-6-4(7)2-3-5(6)8;1-2/h2-3H,1H3;1H. The van der Waals surface area contributed by atoms with E-state index in [9.17, 15) is 9.59 Å². The largest absolute Gasteiger partial charge is 0.279 e. The Bertz CT molecular complexity index is 187. The molecule has 0 saturated heterocycles. The third kappa shape index (κ3) is 1.42. The zero-order valence-corrected chi connectivity index (χ0v) is 5.44. The summed E-state index contributed by atoms with van der Waals surface area (Å²) in [5, 5.41) is 6.50. The molecule has 0 aromatic heterocycles. The van der Waals surface area contributed by atoms with Crippen LogP contribution in [-0.2, 0) is 9.59 Å². The highest BCUT2D eigenvalue weighted by Gasteiger charge is 2.17. The summed E-state index contributed by atoms with van der Waals surface area (Å²) in [6.45, 7) is 3.50. The first kappa shape index (κ1) is 8.37. The monoisotopic (exact) mass is 138 g/mol. The van der Waals surface area contributed by atoms with Gasteiger partial charge in [-0.15, -0.1) is 0 Å². The molecule has 1 rings (SSSR count). The number of carbonyl (C=O) groups excluding carboxylic acids is 2. The number of rotatable bonds is 0. The topological polar surface area (TPSA) is 61.2 Å². The van der Waals surface area contributed by atoms with Crippen molar-refractivity contribution in [2.75, 3.05) is 7.05 Å². The summed E-state index contributed by atoms with van der Waals surface area (Å²) < 4.78 is 0. The maximum atomic E-state index is 10.4. The van der Waals surface area contributed by atoms with Crippen molar-refractivity contribution in [2.24, 2.45) is 0 Å². The summed E-state index contributed by atoms with van der Waals surface area (Å²) >= 11 is 0. The van der Waals surface area contributed by atoms with E-state index in [4.69, 9.17) is 5.26 Å². The van der Waals surface area contributed by atoms with Gasteiger partial charge in [0.2, 0.25) is 0 Å². The van der Waals surface area contributed by atoms with Crippen LogP contribution in [0.25, 0.3) is 0 Å². The molecule has 52 valence electrons. The van der Waals surface area contributed by atoms with Crippen LogP contribution in [0.2, 0.25) is 0 Å². The first-order valence-corrected chi connectivity index (χ1v) is 2.47. The minimum absolute atomic E-state index is 0.241. The van der Waals surface area contributed by atoms with Gasteiger partial charge in [-0.05, 0) is 0 Å². The fourth-order valence-electron chi connectivity index (χ4n) is 0.475. The van der Waals surface area contributed by atoms with Crippen LogP contribution < -0.4 is 0 Å². The van der Waals surface area contributed by atoms with E-state index in [0.29, 0.717) is 0 Å². The Morgan fingerprint density at radius 1 is 1.30 bits per heavy atom. The zero-order valence-electron chi connectivity index (χ0n) is 5.44. The molecule has 10 heavy (non-hydrogen) atoms. The molecule has 0 aromatic carbocycles. The molecule has 4 heteroatoms. The summed E-state index contributed by atoms with van der Waals surface area (Å²) in [5.41, 5.74) is 0. The minimum atomic E-state index is -0.241. The number of imide groups is 1. The minimum Gasteiger partial charge on any atom is -0.279 e. The maximum absolute atomic E-state index is 10.4. The molecule has 2 amide bonds. The lowest BCUT2D eigenvalue weighted by molar-refractivity contribution is -0.135. The highest BCUT2D eigenvalue weighted by Crippen LogP contribution is 1.97. The van der Waals surface area contributed by atoms with Crippen LogP contribution in [0.5, 0.6) is 0 Å². The van der Waals surface area contributed by atoms with Crippen molar-refractivity contribution >= 4 is 11.8 Å². The molecule has 0 atom stereocenters. The average molecular weight is 138 g/mol. The van der Waals surface area contributed by atoms with Gasteiger partial charge in [0.25, 0.3) is 11.8 Å². The normalized spacial score (nSPS) is 14.9. The molecule has 0 radical (unpaired) electrons. The smallest absolute Gasteiger partial charge is 0.253 e. The van der Waals surface area contributed by atoms with E-state index in [-0.39, 0.29) is 11.8 Å². The quantitative estimate of drug-likeness (QED) is 0.431. The number of hydrogen-bond donors (Lipinski definition) is 0. The molecule has 1 aliphatic rings. The van der Waals surface area contributed by atoms with Crippen LogP contribution in [0.4, 0.5) is 0 Å². The van der Waals surface area contributed by atoms with Gasteiger partial charge < -0.3 is 0 Å². The molecule has 0 fully saturated rings. The second-order valence-electron chi connectivity index (χ2n) is 1.57. The van der Waals surface area contributed by atoms with Crippen LogP contribution in [0.1, 0.15) is 0 Å². The molecular weight excluding hydrogens is 132 g/mol. The summed E-state index contributed by atoms with van der Waals surface area (Å²) in [6.07, 6.45) is 2.50. The predicted octanol–water partition coefficient (Wildman–Crippen LogP) is -0.319. The van der Waals surface area contributed by atoms with Crippen molar-refractivity contribution in [3.63, 3.8) is 0 Å². The molecule has 0 saturated carbocycles. The lowest BCUT2D eigenvalue weighted by Gasteiger charge is -2.01. The van der Waals surface area contributed by atoms with Gasteiger partial charge in [0.1, 0.15) is 0 Å². The Kier molecular flexibility index (Phi) is 2.85. The van der Waals surface area contributed by atoms with Gasteiger partial charge in [0.05, 0.1) is 0 Å². The van der Waals surface area contributed by atoms with E-state index in [0.717, 1.165) is 4.90 Å². The van der Waals surface area contributed by atoms with Crippen molar-refractivity contribution in [3.8, 4) is 6.57 Å². The molecule has 1 heterocycles. The lowest BCUT2D eigenvalue weighted by atomic mass is 10.6.